The summed E-state index contributed by atoms with van der Waals surface area (Å²) in [5.74, 6) is 1.26. The van der Waals surface area contributed by atoms with Gasteiger partial charge in [-0.15, -0.1) is 0 Å². The molecule has 0 bridgehead atoms. The molecule has 1 aromatic heterocycles. The van der Waals surface area contributed by atoms with E-state index < -0.39 is 5.41 Å². The maximum atomic E-state index is 9.42. The second-order valence-electron chi connectivity index (χ2n) is 4.67. The van der Waals surface area contributed by atoms with Crippen LogP contribution in [0.5, 0.6) is 0 Å². The van der Waals surface area contributed by atoms with E-state index >= 15 is 0 Å². The summed E-state index contributed by atoms with van der Waals surface area (Å²) in [6.07, 6.45) is 3.00. The monoisotopic (exact) mass is 212 g/mol. The van der Waals surface area contributed by atoms with E-state index in [2.05, 4.69) is 13.8 Å². The van der Waals surface area contributed by atoms with E-state index in [1.165, 1.54) is 0 Å². The van der Waals surface area contributed by atoms with Crippen LogP contribution in [0.2, 0.25) is 0 Å². The third-order valence-corrected chi connectivity index (χ3v) is 2.64. The van der Waals surface area contributed by atoms with E-state index in [1.54, 1.807) is 6.26 Å². The van der Waals surface area contributed by atoms with Crippen LogP contribution < -0.4 is 0 Å². The molecule has 0 saturated carbocycles. The van der Waals surface area contributed by atoms with Gasteiger partial charge in [0.05, 0.1) is 19.5 Å². The van der Waals surface area contributed by atoms with Crippen LogP contribution in [0.3, 0.4) is 0 Å². The SMILES string of the molecule is CC(C)CC(CO)(CO)Cc1ccco1. The Kier molecular flexibility index (Phi) is 4.36. The van der Waals surface area contributed by atoms with Crippen molar-refractivity contribution in [2.75, 3.05) is 13.2 Å². The normalized spacial score (nSPS) is 12.3. The lowest BCUT2D eigenvalue weighted by Gasteiger charge is -2.30. The molecule has 3 nitrogen and oxygen atoms in total. The topological polar surface area (TPSA) is 53.6 Å². The van der Waals surface area contributed by atoms with E-state index in [-0.39, 0.29) is 13.2 Å². The van der Waals surface area contributed by atoms with Crippen molar-refractivity contribution in [3.63, 3.8) is 0 Å². The van der Waals surface area contributed by atoms with Crippen molar-refractivity contribution in [1.82, 2.24) is 0 Å². The highest BCUT2D eigenvalue weighted by Crippen LogP contribution is 2.30. The average molecular weight is 212 g/mol. The largest absolute Gasteiger partial charge is 0.469 e. The minimum Gasteiger partial charge on any atom is -0.469 e. The summed E-state index contributed by atoms with van der Waals surface area (Å²) >= 11 is 0. The highest BCUT2D eigenvalue weighted by Gasteiger charge is 2.31. The molecule has 1 heterocycles. The van der Waals surface area contributed by atoms with Crippen molar-refractivity contribution in [3.05, 3.63) is 24.2 Å². The zero-order valence-corrected chi connectivity index (χ0v) is 9.44. The Morgan fingerprint density at radius 2 is 2.00 bits per heavy atom. The molecular weight excluding hydrogens is 192 g/mol. The van der Waals surface area contributed by atoms with Gasteiger partial charge in [0.15, 0.2) is 0 Å². The smallest absolute Gasteiger partial charge is 0.104 e. The van der Waals surface area contributed by atoms with E-state index in [0.29, 0.717) is 12.3 Å². The van der Waals surface area contributed by atoms with Crippen LogP contribution in [0.4, 0.5) is 0 Å². The van der Waals surface area contributed by atoms with E-state index in [4.69, 9.17) is 4.42 Å². The standard InChI is InChI=1S/C12H20O3/c1-10(2)6-12(8-13,9-14)7-11-4-3-5-15-11/h3-5,10,13-14H,6-9H2,1-2H3. The van der Waals surface area contributed by atoms with Gasteiger partial charge in [-0.2, -0.15) is 0 Å². The van der Waals surface area contributed by atoms with Crippen molar-refractivity contribution in [2.45, 2.75) is 26.7 Å². The lowest BCUT2D eigenvalue weighted by molar-refractivity contribution is 0.0329. The van der Waals surface area contributed by atoms with Crippen LogP contribution in [-0.4, -0.2) is 23.4 Å². The summed E-state index contributed by atoms with van der Waals surface area (Å²) in [6.45, 7) is 4.15. The Morgan fingerprint density at radius 3 is 2.40 bits per heavy atom. The Balaban J connectivity index is 2.71. The minimum atomic E-state index is -0.452. The number of furan rings is 1. The van der Waals surface area contributed by atoms with Crippen molar-refractivity contribution in [1.29, 1.82) is 0 Å². The Morgan fingerprint density at radius 1 is 1.33 bits per heavy atom. The van der Waals surface area contributed by atoms with Crippen LogP contribution in [0.15, 0.2) is 22.8 Å². The minimum absolute atomic E-state index is 0.0115. The van der Waals surface area contributed by atoms with Gasteiger partial charge in [0.25, 0.3) is 0 Å². The first-order valence-electron chi connectivity index (χ1n) is 5.36. The molecule has 0 saturated heterocycles. The van der Waals surface area contributed by atoms with Crippen molar-refractivity contribution < 1.29 is 14.6 Å². The summed E-state index contributed by atoms with van der Waals surface area (Å²) in [6, 6.07) is 3.70. The second kappa shape index (κ2) is 5.33. The fourth-order valence-electron chi connectivity index (χ4n) is 2.01. The number of aliphatic hydroxyl groups is 2. The van der Waals surface area contributed by atoms with Crippen molar-refractivity contribution in [3.8, 4) is 0 Å². The number of aliphatic hydroxyl groups excluding tert-OH is 2. The van der Waals surface area contributed by atoms with Gasteiger partial charge in [-0.05, 0) is 24.5 Å². The molecule has 0 aliphatic carbocycles. The molecule has 15 heavy (non-hydrogen) atoms. The maximum absolute atomic E-state index is 9.42. The van der Waals surface area contributed by atoms with Crippen LogP contribution >= 0.6 is 0 Å². The highest BCUT2D eigenvalue weighted by molar-refractivity contribution is 5.02. The third kappa shape index (κ3) is 3.36. The molecule has 0 spiro atoms. The summed E-state index contributed by atoms with van der Waals surface area (Å²) in [7, 11) is 0. The molecule has 0 atom stereocenters. The number of rotatable bonds is 6. The third-order valence-electron chi connectivity index (χ3n) is 2.64. The Hall–Kier alpha value is -0.800. The first kappa shape index (κ1) is 12.3. The molecule has 1 rings (SSSR count). The molecule has 1 aromatic rings. The zero-order chi connectivity index (χ0) is 11.3. The van der Waals surface area contributed by atoms with Gasteiger partial charge < -0.3 is 14.6 Å². The molecule has 0 amide bonds. The highest BCUT2D eigenvalue weighted by atomic mass is 16.3. The maximum Gasteiger partial charge on any atom is 0.104 e. The van der Waals surface area contributed by atoms with Crippen molar-refractivity contribution >= 4 is 0 Å². The quantitative estimate of drug-likeness (QED) is 0.756. The molecule has 0 aromatic carbocycles. The van der Waals surface area contributed by atoms with Crippen LogP contribution in [0, 0.1) is 11.3 Å². The van der Waals surface area contributed by atoms with E-state index in [9.17, 15) is 10.2 Å². The molecule has 0 radical (unpaired) electrons. The first-order chi connectivity index (χ1) is 7.12. The number of hydrogen-bond donors (Lipinski definition) is 2. The van der Waals surface area contributed by atoms with Gasteiger partial charge in [-0.3, -0.25) is 0 Å². The molecule has 2 N–H and O–H groups in total. The zero-order valence-electron chi connectivity index (χ0n) is 9.44. The van der Waals surface area contributed by atoms with Gasteiger partial charge in [-0.25, -0.2) is 0 Å². The molecule has 0 fully saturated rings. The first-order valence-corrected chi connectivity index (χ1v) is 5.36. The molecule has 86 valence electrons. The second-order valence-corrected chi connectivity index (χ2v) is 4.67. The fourth-order valence-corrected chi connectivity index (χ4v) is 2.01. The van der Waals surface area contributed by atoms with Gasteiger partial charge in [-0.1, -0.05) is 13.8 Å². The molecule has 0 aliphatic rings. The fraction of sp³-hybridized carbons (Fsp3) is 0.667. The molecule has 3 heteroatoms. The average Bonchev–Trinajstić information content (AvgIpc) is 2.68. The summed E-state index contributed by atoms with van der Waals surface area (Å²) in [4.78, 5) is 0. The Bertz CT molecular complexity index is 260. The van der Waals surface area contributed by atoms with Crippen molar-refractivity contribution in [2.24, 2.45) is 11.3 Å². The molecule has 0 aliphatic heterocycles. The molecular formula is C12H20O3. The van der Waals surface area contributed by atoms with Crippen LogP contribution in [0.1, 0.15) is 26.0 Å². The lowest BCUT2D eigenvalue weighted by Crippen LogP contribution is -2.33. The predicted molar refractivity (Wildman–Crippen MR) is 58.5 cm³/mol. The predicted octanol–water partition coefficient (Wildman–Crippen LogP) is 1.84. The van der Waals surface area contributed by atoms with Crippen LogP contribution in [-0.2, 0) is 6.42 Å². The van der Waals surface area contributed by atoms with Crippen LogP contribution in [0.25, 0.3) is 0 Å². The summed E-state index contributed by atoms with van der Waals surface area (Å²) in [5.41, 5.74) is -0.452. The summed E-state index contributed by atoms with van der Waals surface area (Å²) in [5, 5.41) is 18.8. The van der Waals surface area contributed by atoms with Gasteiger partial charge >= 0.3 is 0 Å². The lowest BCUT2D eigenvalue weighted by atomic mass is 9.78. The molecule has 0 unspecified atom stereocenters. The Labute approximate surface area is 90.7 Å². The van der Waals surface area contributed by atoms with E-state index in [1.807, 2.05) is 12.1 Å². The van der Waals surface area contributed by atoms with Gasteiger partial charge in [0.1, 0.15) is 5.76 Å². The summed E-state index contributed by atoms with van der Waals surface area (Å²) < 4.78 is 5.25. The van der Waals surface area contributed by atoms with Gasteiger partial charge in [0, 0.05) is 11.8 Å². The van der Waals surface area contributed by atoms with Gasteiger partial charge in [0.2, 0.25) is 0 Å². The number of hydrogen-bond acceptors (Lipinski definition) is 3. The van der Waals surface area contributed by atoms with E-state index in [0.717, 1.165) is 12.2 Å².